The van der Waals surface area contributed by atoms with Crippen LogP contribution < -0.4 is 0 Å². The molecule has 0 spiro atoms. The van der Waals surface area contributed by atoms with Crippen molar-refractivity contribution in [1.82, 2.24) is 0 Å². The molecular weight excluding hydrogens is 567 g/mol. The number of carbonyl (C=O) groups excluding carboxylic acids is 2. The van der Waals surface area contributed by atoms with Gasteiger partial charge in [0.15, 0.2) is 6.10 Å². The average Bonchev–Trinajstić information content (AvgIpc) is 2.99. The molecule has 0 bridgehead atoms. The summed E-state index contributed by atoms with van der Waals surface area (Å²) in [4.78, 5) is 34.2. The highest BCUT2D eigenvalue weighted by atomic mass is 31.2. The van der Waals surface area contributed by atoms with Crippen LogP contribution in [0.25, 0.3) is 0 Å². The van der Waals surface area contributed by atoms with Crippen LogP contribution in [-0.4, -0.2) is 43.3 Å². The highest BCUT2D eigenvalue weighted by Gasteiger charge is 2.24. The molecule has 254 valence electrons. The van der Waals surface area contributed by atoms with Gasteiger partial charge < -0.3 is 14.4 Å². The van der Waals surface area contributed by atoms with Crippen molar-refractivity contribution in [3.8, 4) is 0 Å². The third-order valence-corrected chi connectivity index (χ3v) is 8.45. The fraction of sp³-hybridized carbons (Fsp3) is 0.882. The predicted molar refractivity (Wildman–Crippen MR) is 175 cm³/mol. The highest BCUT2D eigenvalue weighted by Crippen LogP contribution is 2.42. The first kappa shape index (κ1) is 41.8. The van der Waals surface area contributed by atoms with Crippen molar-refractivity contribution in [3.63, 3.8) is 0 Å². The second kappa shape index (κ2) is 30.8. The summed E-state index contributed by atoms with van der Waals surface area (Å²) in [5.74, 6) is -0.812. The SMILES string of the molecule is CCCCCC/C=C\CCCCCCCC(=O)OC(COC(=O)CCCCCCCCCCCCC)COP(=O)(O)OC. The summed E-state index contributed by atoms with van der Waals surface area (Å²) in [6.45, 7) is 3.84. The first-order chi connectivity index (χ1) is 20.8. The Hall–Kier alpha value is -1.21. The lowest BCUT2D eigenvalue weighted by atomic mass is 10.1. The molecule has 0 aliphatic heterocycles. The maximum absolute atomic E-state index is 12.4. The van der Waals surface area contributed by atoms with Gasteiger partial charge >= 0.3 is 19.8 Å². The second-order valence-corrected chi connectivity index (χ2v) is 13.2. The summed E-state index contributed by atoms with van der Waals surface area (Å²) in [5, 5.41) is 0. The van der Waals surface area contributed by atoms with Crippen LogP contribution in [0.5, 0.6) is 0 Å². The van der Waals surface area contributed by atoms with E-state index >= 15 is 0 Å². The Kier molecular flexibility index (Phi) is 29.9. The van der Waals surface area contributed by atoms with Crippen molar-refractivity contribution in [3.05, 3.63) is 12.2 Å². The Balaban J connectivity index is 4.11. The Bertz CT molecular complexity index is 727. The number of carbonyl (C=O) groups is 2. The lowest BCUT2D eigenvalue weighted by Crippen LogP contribution is -2.29. The Morgan fingerprint density at radius 3 is 1.53 bits per heavy atom. The van der Waals surface area contributed by atoms with Crippen LogP contribution in [0.3, 0.4) is 0 Å². The van der Waals surface area contributed by atoms with Gasteiger partial charge in [-0.15, -0.1) is 0 Å². The van der Waals surface area contributed by atoms with Gasteiger partial charge in [-0.25, -0.2) is 4.57 Å². The minimum Gasteiger partial charge on any atom is -0.462 e. The number of allylic oxidation sites excluding steroid dienone is 2. The minimum absolute atomic E-state index is 0.224. The van der Waals surface area contributed by atoms with Crippen molar-refractivity contribution >= 4 is 19.8 Å². The fourth-order valence-corrected chi connectivity index (χ4v) is 5.23. The highest BCUT2D eigenvalue weighted by molar-refractivity contribution is 7.47. The van der Waals surface area contributed by atoms with Crippen LogP contribution in [0.1, 0.15) is 168 Å². The third-order valence-electron chi connectivity index (χ3n) is 7.51. The van der Waals surface area contributed by atoms with Crippen LogP contribution in [-0.2, 0) is 32.7 Å². The molecule has 0 aromatic heterocycles. The number of ether oxygens (including phenoxy) is 2. The molecule has 9 heteroatoms. The smallest absolute Gasteiger partial charge is 0.462 e. The lowest BCUT2D eigenvalue weighted by molar-refractivity contribution is -0.161. The number of esters is 2. The largest absolute Gasteiger partial charge is 0.472 e. The van der Waals surface area contributed by atoms with E-state index in [4.69, 9.17) is 14.0 Å². The zero-order chi connectivity index (χ0) is 31.9. The van der Waals surface area contributed by atoms with E-state index < -0.39 is 26.5 Å². The van der Waals surface area contributed by atoms with Gasteiger partial charge in [-0.3, -0.25) is 18.6 Å². The van der Waals surface area contributed by atoms with Gasteiger partial charge in [0, 0.05) is 20.0 Å². The van der Waals surface area contributed by atoms with E-state index in [2.05, 4.69) is 30.5 Å². The molecule has 0 aromatic rings. The summed E-state index contributed by atoms with van der Waals surface area (Å²) in [7, 11) is -3.19. The maximum atomic E-state index is 12.4. The quantitative estimate of drug-likeness (QED) is 0.0338. The molecule has 43 heavy (non-hydrogen) atoms. The molecule has 0 radical (unpaired) electrons. The normalized spacial score (nSPS) is 13.7. The molecule has 0 aliphatic carbocycles. The van der Waals surface area contributed by atoms with Crippen LogP contribution >= 0.6 is 7.82 Å². The third kappa shape index (κ3) is 30.6. The first-order valence-corrected chi connectivity index (χ1v) is 18.9. The van der Waals surface area contributed by atoms with Crippen LogP contribution in [0.2, 0.25) is 0 Å². The van der Waals surface area contributed by atoms with Crippen molar-refractivity contribution < 1.29 is 37.6 Å². The standard InChI is InChI=1S/C34H65O8P/c1-4-6-8-10-12-14-16-17-19-21-23-25-27-29-34(36)42-32(31-41-43(37,38)39-3)30-40-33(35)28-26-24-22-20-18-15-13-11-9-7-5-2/h14,16,32H,4-13,15,17-31H2,1-3H3,(H,37,38)/b16-14-. The van der Waals surface area contributed by atoms with Crippen LogP contribution in [0, 0.1) is 0 Å². The summed E-state index contributed by atoms with van der Waals surface area (Å²) in [5.41, 5.74) is 0. The maximum Gasteiger partial charge on any atom is 0.472 e. The Morgan fingerprint density at radius 1 is 0.628 bits per heavy atom. The lowest BCUT2D eigenvalue weighted by Gasteiger charge is -2.19. The van der Waals surface area contributed by atoms with E-state index in [1.165, 1.54) is 83.5 Å². The van der Waals surface area contributed by atoms with Crippen molar-refractivity contribution in [2.45, 2.75) is 174 Å². The summed E-state index contributed by atoms with van der Waals surface area (Å²) in [6.07, 6.45) is 29.7. The zero-order valence-corrected chi connectivity index (χ0v) is 28.8. The van der Waals surface area contributed by atoms with Crippen molar-refractivity contribution in [2.75, 3.05) is 20.3 Å². The first-order valence-electron chi connectivity index (χ1n) is 17.4. The van der Waals surface area contributed by atoms with Gasteiger partial charge in [-0.2, -0.15) is 0 Å². The van der Waals surface area contributed by atoms with Crippen LogP contribution in [0.4, 0.5) is 0 Å². The van der Waals surface area contributed by atoms with Gasteiger partial charge in [0.2, 0.25) is 0 Å². The van der Waals surface area contributed by atoms with Gasteiger partial charge in [0.25, 0.3) is 0 Å². The average molecular weight is 633 g/mol. The number of rotatable bonds is 32. The molecular formula is C34H65O8P. The van der Waals surface area contributed by atoms with E-state index in [0.29, 0.717) is 12.8 Å². The molecule has 2 unspecified atom stereocenters. The van der Waals surface area contributed by atoms with E-state index in [-0.39, 0.29) is 19.0 Å². The Labute approximate surface area is 263 Å². The van der Waals surface area contributed by atoms with E-state index in [0.717, 1.165) is 58.5 Å². The number of hydrogen-bond acceptors (Lipinski definition) is 7. The molecule has 0 heterocycles. The summed E-state index contributed by atoms with van der Waals surface area (Å²) < 4.78 is 31.7. The molecule has 0 saturated heterocycles. The molecule has 0 fully saturated rings. The van der Waals surface area contributed by atoms with Crippen molar-refractivity contribution in [1.29, 1.82) is 0 Å². The monoisotopic (exact) mass is 632 g/mol. The topological polar surface area (TPSA) is 108 Å². The van der Waals surface area contributed by atoms with E-state index in [9.17, 15) is 19.0 Å². The molecule has 0 saturated carbocycles. The summed E-state index contributed by atoms with van der Waals surface area (Å²) in [6, 6.07) is 0. The second-order valence-electron chi connectivity index (χ2n) is 11.7. The van der Waals surface area contributed by atoms with Gasteiger partial charge in [0.05, 0.1) is 6.61 Å². The van der Waals surface area contributed by atoms with E-state index in [1.54, 1.807) is 0 Å². The van der Waals surface area contributed by atoms with Crippen molar-refractivity contribution in [2.24, 2.45) is 0 Å². The molecule has 1 N–H and O–H groups in total. The Morgan fingerprint density at radius 2 is 1.05 bits per heavy atom. The molecule has 0 aliphatic rings. The number of phosphoric ester groups is 1. The van der Waals surface area contributed by atoms with Gasteiger partial charge in [0.1, 0.15) is 6.61 Å². The number of hydrogen-bond donors (Lipinski definition) is 1. The van der Waals surface area contributed by atoms with Gasteiger partial charge in [-0.05, 0) is 38.5 Å². The molecule has 0 rings (SSSR count). The number of unbranched alkanes of at least 4 members (excludes halogenated alkanes) is 19. The van der Waals surface area contributed by atoms with Gasteiger partial charge in [-0.1, -0.05) is 129 Å². The molecule has 0 amide bonds. The fourth-order valence-electron chi connectivity index (χ4n) is 4.77. The van der Waals surface area contributed by atoms with Crippen LogP contribution in [0.15, 0.2) is 12.2 Å². The van der Waals surface area contributed by atoms with E-state index in [1.807, 2.05) is 0 Å². The molecule has 8 nitrogen and oxygen atoms in total. The summed E-state index contributed by atoms with van der Waals surface area (Å²) >= 11 is 0. The molecule has 0 aromatic carbocycles. The predicted octanol–water partition coefficient (Wildman–Crippen LogP) is 10.2. The zero-order valence-electron chi connectivity index (χ0n) is 27.9. The molecule has 2 atom stereocenters. The minimum atomic E-state index is -4.25. The number of phosphoric acid groups is 1.